The van der Waals surface area contributed by atoms with Crippen molar-refractivity contribution in [3.63, 3.8) is 0 Å². The number of allylic oxidation sites excluding steroid dienone is 1. The van der Waals surface area contributed by atoms with Gasteiger partial charge in [0.2, 0.25) is 0 Å². The van der Waals surface area contributed by atoms with E-state index < -0.39 is 0 Å². The summed E-state index contributed by atoms with van der Waals surface area (Å²) < 4.78 is 5.33. The lowest BCUT2D eigenvalue weighted by Crippen LogP contribution is -2.08. The minimum Gasteiger partial charge on any atom is -0.462 e. The minimum atomic E-state index is -0.104. The van der Waals surface area contributed by atoms with Crippen molar-refractivity contribution in [3.8, 4) is 0 Å². The van der Waals surface area contributed by atoms with Crippen LogP contribution in [0.4, 0.5) is 0 Å². The molecule has 0 saturated carbocycles. The fraction of sp³-hybridized carbons (Fsp3) is 0.824. The highest BCUT2D eigenvalue weighted by Crippen LogP contribution is 2.09. The summed E-state index contributed by atoms with van der Waals surface area (Å²) in [7, 11) is 0. The second-order valence-electron chi connectivity index (χ2n) is 5.13. The predicted octanol–water partition coefficient (Wildman–Crippen LogP) is 5.42. The highest BCUT2D eigenvalue weighted by molar-refractivity contribution is 5.88. The molecule has 0 aliphatic carbocycles. The van der Waals surface area contributed by atoms with Crippen molar-refractivity contribution in [1.29, 1.82) is 0 Å². The molecule has 0 aliphatic heterocycles. The van der Waals surface area contributed by atoms with E-state index in [1.807, 2.05) is 13.0 Å². The van der Waals surface area contributed by atoms with Crippen molar-refractivity contribution < 1.29 is 9.53 Å². The van der Waals surface area contributed by atoms with Gasteiger partial charge in [0.15, 0.2) is 0 Å². The van der Waals surface area contributed by atoms with Gasteiger partial charge in [-0.05, 0) is 19.3 Å². The normalized spacial score (nSPS) is 11.6. The number of hydrogen-bond donors (Lipinski definition) is 0. The van der Waals surface area contributed by atoms with Gasteiger partial charge in [0.25, 0.3) is 0 Å². The summed E-state index contributed by atoms with van der Waals surface area (Å²) in [5, 5.41) is 0. The molecule has 112 valence electrons. The Balaban J connectivity index is 3.67. The number of unbranched alkanes of at least 4 members (excludes halogenated alkanes) is 7. The molecule has 0 amide bonds. The van der Waals surface area contributed by atoms with Crippen molar-refractivity contribution in [1.82, 2.24) is 0 Å². The highest BCUT2D eigenvalue weighted by atomic mass is 16.5. The van der Waals surface area contributed by atoms with Crippen molar-refractivity contribution >= 4 is 5.97 Å². The molecule has 2 nitrogen and oxygen atoms in total. The maximum atomic E-state index is 11.8. The van der Waals surface area contributed by atoms with E-state index in [1.54, 1.807) is 0 Å². The Labute approximate surface area is 119 Å². The van der Waals surface area contributed by atoms with E-state index in [-0.39, 0.29) is 5.97 Å². The molecule has 0 heterocycles. The lowest BCUT2D eigenvalue weighted by Gasteiger charge is -2.07. The summed E-state index contributed by atoms with van der Waals surface area (Å²) >= 11 is 0. The van der Waals surface area contributed by atoms with Gasteiger partial charge in [-0.1, -0.05) is 71.8 Å². The Kier molecular flexibility index (Phi) is 13.1. The lowest BCUT2D eigenvalue weighted by atomic mass is 10.1. The second kappa shape index (κ2) is 13.6. The predicted molar refractivity (Wildman–Crippen MR) is 82.2 cm³/mol. The molecule has 19 heavy (non-hydrogen) atoms. The van der Waals surface area contributed by atoms with Crippen molar-refractivity contribution in [2.75, 3.05) is 6.61 Å². The number of carbonyl (C=O) groups excluding carboxylic acids is 1. The Bertz CT molecular complexity index is 244. The van der Waals surface area contributed by atoms with Crippen LogP contribution in [0.15, 0.2) is 11.6 Å². The molecule has 0 N–H and O–H groups in total. The van der Waals surface area contributed by atoms with Crippen LogP contribution in [0.1, 0.15) is 85.0 Å². The minimum absolute atomic E-state index is 0.104. The van der Waals surface area contributed by atoms with Crippen LogP contribution >= 0.6 is 0 Å². The smallest absolute Gasteiger partial charge is 0.333 e. The first kappa shape index (κ1) is 18.2. The lowest BCUT2D eigenvalue weighted by molar-refractivity contribution is -0.139. The van der Waals surface area contributed by atoms with Crippen LogP contribution in [0.2, 0.25) is 0 Å². The Morgan fingerprint density at radius 1 is 0.895 bits per heavy atom. The van der Waals surface area contributed by atoms with E-state index in [9.17, 15) is 4.79 Å². The zero-order valence-corrected chi connectivity index (χ0v) is 13.2. The summed E-state index contributed by atoms with van der Waals surface area (Å²) in [6, 6.07) is 0. The van der Waals surface area contributed by atoms with Crippen LogP contribution in [0, 0.1) is 0 Å². The third-order valence-corrected chi connectivity index (χ3v) is 3.32. The van der Waals surface area contributed by atoms with Crippen molar-refractivity contribution in [2.24, 2.45) is 0 Å². The van der Waals surface area contributed by atoms with E-state index in [0.717, 1.165) is 31.3 Å². The molecule has 0 unspecified atom stereocenters. The third-order valence-electron chi connectivity index (χ3n) is 3.32. The summed E-state index contributed by atoms with van der Waals surface area (Å²) in [6.45, 7) is 6.98. The Morgan fingerprint density at radius 3 is 2.16 bits per heavy atom. The molecule has 0 aromatic heterocycles. The number of esters is 1. The van der Waals surface area contributed by atoms with Crippen molar-refractivity contribution in [3.05, 3.63) is 11.6 Å². The first-order valence-electron chi connectivity index (χ1n) is 8.12. The van der Waals surface area contributed by atoms with Gasteiger partial charge >= 0.3 is 5.97 Å². The molecule has 0 radical (unpaired) electrons. The molecule has 0 atom stereocenters. The average molecular weight is 268 g/mol. The molecule has 0 spiro atoms. The van der Waals surface area contributed by atoms with E-state index >= 15 is 0 Å². The van der Waals surface area contributed by atoms with Gasteiger partial charge in [0.05, 0.1) is 6.61 Å². The monoisotopic (exact) mass is 268 g/mol. The van der Waals surface area contributed by atoms with Gasteiger partial charge in [0, 0.05) is 5.57 Å². The quantitative estimate of drug-likeness (QED) is 0.268. The number of rotatable bonds is 12. The molecule has 0 rings (SSSR count). The maximum Gasteiger partial charge on any atom is 0.333 e. The first-order valence-corrected chi connectivity index (χ1v) is 8.12. The zero-order valence-electron chi connectivity index (χ0n) is 13.2. The van der Waals surface area contributed by atoms with Crippen LogP contribution in [-0.2, 0) is 9.53 Å². The molecule has 0 aliphatic rings. The summed E-state index contributed by atoms with van der Waals surface area (Å²) in [5.74, 6) is -0.104. The van der Waals surface area contributed by atoms with E-state index in [0.29, 0.717) is 6.61 Å². The van der Waals surface area contributed by atoms with E-state index in [2.05, 4.69) is 13.8 Å². The molecule has 0 saturated heterocycles. The molecule has 0 fully saturated rings. The molecule has 0 aromatic rings. The van der Waals surface area contributed by atoms with Gasteiger partial charge in [-0.15, -0.1) is 0 Å². The van der Waals surface area contributed by atoms with Crippen LogP contribution in [0.25, 0.3) is 0 Å². The van der Waals surface area contributed by atoms with Crippen LogP contribution in [0.5, 0.6) is 0 Å². The van der Waals surface area contributed by atoms with Crippen molar-refractivity contribution in [2.45, 2.75) is 85.0 Å². The van der Waals surface area contributed by atoms with E-state index in [1.165, 1.54) is 38.5 Å². The Hall–Kier alpha value is -0.790. The largest absolute Gasteiger partial charge is 0.462 e. The van der Waals surface area contributed by atoms with E-state index in [4.69, 9.17) is 4.74 Å². The standard InChI is InChI=1S/C17H32O2/c1-4-7-9-10-11-13-15-19-17(18)16(6-3)14-12-8-5-2/h14H,4-13,15H2,1-3H3. The molecular formula is C17H32O2. The molecule has 0 aromatic carbocycles. The van der Waals surface area contributed by atoms with Gasteiger partial charge < -0.3 is 4.74 Å². The topological polar surface area (TPSA) is 26.3 Å². The number of ether oxygens (including phenoxy) is 1. The fourth-order valence-corrected chi connectivity index (χ4v) is 1.99. The van der Waals surface area contributed by atoms with Crippen LogP contribution in [0.3, 0.4) is 0 Å². The Morgan fingerprint density at radius 2 is 1.53 bits per heavy atom. The molecule has 2 heteroatoms. The molecular weight excluding hydrogens is 236 g/mol. The van der Waals surface area contributed by atoms with Gasteiger partial charge in [0.1, 0.15) is 0 Å². The molecule has 0 bridgehead atoms. The van der Waals surface area contributed by atoms with Gasteiger partial charge in [-0.25, -0.2) is 4.79 Å². The highest BCUT2D eigenvalue weighted by Gasteiger charge is 2.07. The second-order valence-corrected chi connectivity index (χ2v) is 5.13. The summed E-state index contributed by atoms with van der Waals surface area (Å²) in [4.78, 5) is 11.8. The first-order chi connectivity index (χ1) is 9.26. The van der Waals surface area contributed by atoms with Crippen LogP contribution < -0.4 is 0 Å². The average Bonchev–Trinajstić information content (AvgIpc) is 2.42. The maximum absolute atomic E-state index is 11.8. The zero-order chi connectivity index (χ0) is 14.3. The van der Waals surface area contributed by atoms with Gasteiger partial charge in [-0.3, -0.25) is 0 Å². The summed E-state index contributed by atoms with van der Waals surface area (Å²) in [6.07, 6.45) is 13.5. The van der Waals surface area contributed by atoms with Crippen LogP contribution in [-0.4, -0.2) is 12.6 Å². The fourth-order valence-electron chi connectivity index (χ4n) is 1.99. The number of carbonyl (C=O) groups is 1. The third kappa shape index (κ3) is 10.8. The van der Waals surface area contributed by atoms with Gasteiger partial charge in [-0.2, -0.15) is 0 Å². The number of hydrogen-bond acceptors (Lipinski definition) is 2. The SMILES string of the molecule is CCCCC=C(CC)C(=O)OCCCCCCCC. The summed E-state index contributed by atoms with van der Waals surface area (Å²) in [5.41, 5.74) is 0.847.